The van der Waals surface area contributed by atoms with Crippen LogP contribution in [0.4, 0.5) is 10.6 Å². The fraction of sp³-hybridized carbons (Fsp3) is 0.542. The smallest absolute Gasteiger partial charge is 0.317 e. The van der Waals surface area contributed by atoms with Gasteiger partial charge in [-0.3, -0.25) is 0 Å². The Balaban J connectivity index is 1.48. The van der Waals surface area contributed by atoms with Crippen LogP contribution in [0.5, 0.6) is 0 Å². The number of rotatable bonds is 5. The van der Waals surface area contributed by atoms with Crippen LogP contribution in [0.1, 0.15) is 39.5 Å². The number of aryl methyl sites for hydroxylation is 1. The lowest BCUT2D eigenvalue weighted by atomic mass is 9.77. The van der Waals surface area contributed by atoms with Crippen LogP contribution in [-0.4, -0.2) is 52.1 Å². The minimum absolute atomic E-state index is 0.0505. The van der Waals surface area contributed by atoms with E-state index in [4.69, 9.17) is 0 Å². The van der Waals surface area contributed by atoms with Gasteiger partial charge >= 0.3 is 6.03 Å². The summed E-state index contributed by atoms with van der Waals surface area (Å²) >= 11 is 0. The van der Waals surface area contributed by atoms with Crippen molar-refractivity contribution in [1.82, 2.24) is 24.8 Å². The fourth-order valence-corrected chi connectivity index (χ4v) is 4.92. The van der Waals surface area contributed by atoms with Crippen LogP contribution in [-0.2, 0) is 7.05 Å². The van der Waals surface area contributed by atoms with Gasteiger partial charge in [0.1, 0.15) is 11.3 Å². The number of amides is 2. The van der Waals surface area contributed by atoms with Crippen molar-refractivity contribution < 1.29 is 4.79 Å². The van der Waals surface area contributed by atoms with Crippen molar-refractivity contribution >= 4 is 22.9 Å². The maximum Gasteiger partial charge on any atom is 0.317 e. The molecular weight excluding hydrogens is 388 g/mol. The second kappa shape index (κ2) is 9.12. The quantitative estimate of drug-likeness (QED) is 0.737. The van der Waals surface area contributed by atoms with Crippen molar-refractivity contribution in [1.29, 1.82) is 0 Å². The highest BCUT2D eigenvalue weighted by Gasteiger charge is 2.29. The van der Waals surface area contributed by atoms with Crippen molar-refractivity contribution in [2.45, 2.75) is 39.5 Å². The number of fused-ring (bicyclic) bond motifs is 1. The number of imidazole rings is 1. The zero-order valence-corrected chi connectivity index (χ0v) is 19.1. The molecule has 0 radical (unpaired) electrons. The van der Waals surface area contributed by atoms with E-state index in [9.17, 15) is 4.79 Å². The number of hydrogen-bond acceptors (Lipinski definition) is 4. The lowest BCUT2D eigenvalue weighted by molar-refractivity contribution is 0.201. The van der Waals surface area contributed by atoms with Crippen molar-refractivity contribution in [2.75, 3.05) is 31.6 Å². The van der Waals surface area contributed by atoms with Crippen LogP contribution in [0.25, 0.3) is 11.0 Å². The van der Waals surface area contributed by atoms with Gasteiger partial charge in [0.15, 0.2) is 0 Å². The summed E-state index contributed by atoms with van der Waals surface area (Å²) in [5, 5.41) is 2.90. The maximum atomic E-state index is 12.1. The summed E-state index contributed by atoms with van der Waals surface area (Å²) in [6.07, 6.45) is 12.7. The van der Waals surface area contributed by atoms with Crippen molar-refractivity contribution in [2.24, 2.45) is 18.9 Å². The third-order valence-electron chi connectivity index (χ3n) is 6.80. The van der Waals surface area contributed by atoms with Crippen molar-refractivity contribution in [3.8, 4) is 0 Å². The highest BCUT2D eigenvalue weighted by molar-refractivity contribution is 5.77. The first-order valence-corrected chi connectivity index (χ1v) is 11.4. The Hall–Kier alpha value is -2.83. The van der Waals surface area contributed by atoms with E-state index in [0.29, 0.717) is 18.4 Å². The summed E-state index contributed by atoms with van der Waals surface area (Å²) in [6, 6.07) is 2.18. The number of nitrogens with one attached hydrogen (secondary N) is 1. The number of hydrogen-bond donors (Lipinski definition) is 1. The molecule has 2 atom stereocenters. The van der Waals surface area contributed by atoms with E-state index in [1.807, 2.05) is 36.0 Å². The molecule has 2 aromatic heterocycles. The first-order chi connectivity index (χ1) is 15.0. The zero-order valence-electron chi connectivity index (χ0n) is 19.1. The SMILES string of the molecule is CCNC(=O)N1CC=C(C2CC=C(N(C)c3cc4c(cn3)ncn4C)C(CC)C2)CC1. The van der Waals surface area contributed by atoms with E-state index in [-0.39, 0.29) is 6.03 Å². The third kappa shape index (κ3) is 4.31. The summed E-state index contributed by atoms with van der Waals surface area (Å²) in [6.45, 7) is 6.45. The molecular formula is C24H34N6O. The van der Waals surface area contributed by atoms with Crippen LogP contribution in [0, 0.1) is 11.8 Å². The molecule has 0 saturated heterocycles. The Kier molecular flexibility index (Phi) is 6.30. The van der Waals surface area contributed by atoms with E-state index in [1.165, 1.54) is 11.3 Å². The molecule has 31 heavy (non-hydrogen) atoms. The fourth-order valence-electron chi connectivity index (χ4n) is 4.92. The molecule has 2 amide bonds. The van der Waals surface area contributed by atoms with Crippen molar-refractivity contribution in [3.63, 3.8) is 0 Å². The summed E-state index contributed by atoms with van der Waals surface area (Å²) in [4.78, 5) is 25.3. The largest absolute Gasteiger partial charge is 0.338 e. The molecule has 0 spiro atoms. The minimum atomic E-state index is 0.0505. The standard InChI is InChI=1S/C24H34N6O/c1-5-17-13-19(18-9-11-30(12-10-18)24(31)25-6-2)7-8-21(17)29(4)23-14-22-20(15-26-23)27-16-28(22)3/h8-9,14-17,19H,5-7,10-13H2,1-4H3,(H,25,31). The number of allylic oxidation sites excluding steroid dienone is 2. The highest BCUT2D eigenvalue weighted by Crippen LogP contribution is 2.39. The number of carbonyl (C=O) groups excluding carboxylic acids is 1. The molecule has 2 unspecified atom stereocenters. The summed E-state index contributed by atoms with van der Waals surface area (Å²) < 4.78 is 2.04. The molecule has 4 rings (SSSR count). The maximum absolute atomic E-state index is 12.1. The Bertz CT molecular complexity index is 1010. The summed E-state index contributed by atoms with van der Waals surface area (Å²) in [5.41, 5.74) is 4.91. The van der Waals surface area contributed by atoms with Gasteiger partial charge in [-0.05, 0) is 44.4 Å². The van der Waals surface area contributed by atoms with Crippen LogP contribution >= 0.6 is 0 Å². The molecule has 0 fully saturated rings. The van der Waals surface area contributed by atoms with Gasteiger partial charge in [-0.2, -0.15) is 0 Å². The van der Waals surface area contributed by atoms with Crippen LogP contribution in [0.15, 0.2) is 42.0 Å². The molecule has 2 aliphatic rings. The molecule has 0 aromatic carbocycles. The number of anilines is 1. The second-order valence-electron chi connectivity index (χ2n) is 8.66. The number of carbonyl (C=O) groups is 1. The van der Waals surface area contributed by atoms with Gasteiger partial charge < -0.3 is 19.7 Å². The van der Waals surface area contributed by atoms with Gasteiger partial charge in [0.05, 0.1) is 18.0 Å². The predicted octanol–water partition coefficient (Wildman–Crippen LogP) is 4.09. The second-order valence-corrected chi connectivity index (χ2v) is 8.66. The van der Waals surface area contributed by atoms with Gasteiger partial charge in [0.2, 0.25) is 0 Å². The highest BCUT2D eigenvalue weighted by atomic mass is 16.2. The van der Waals surface area contributed by atoms with Crippen LogP contribution in [0.2, 0.25) is 0 Å². The van der Waals surface area contributed by atoms with Crippen LogP contribution in [0.3, 0.4) is 0 Å². The topological polar surface area (TPSA) is 66.3 Å². The monoisotopic (exact) mass is 422 g/mol. The van der Waals surface area contributed by atoms with E-state index in [2.05, 4.69) is 52.4 Å². The van der Waals surface area contributed by atoms with Crippen LogP contribution < -0.4 is 10.2 Å². The van der Waals surface area contributed by atoms with Gasteiger partial charge in [0, 0.05) is 45.5 Å². The third-order valence-corrected chi connectivity index (χ3v) is 6.80. The van der Waals surface area contributed by atoms with Gasteiger partial charge in [-0.1, -0.05) is 24.6 Å². The number of urea groups is 1. The van der Waals surface area contributed by atoms with Gasteiger partial charge in [-0.25, -0.2) is 14.8 Å². The molecule has 1 N–H and O–H groups in total. The molecule has 3 heterocycles. The van der Waals surface area contributed by atoms with E-state index in [0.717, 1.165) is 55.6 Å². The van der Waals surface area contributed by atoms with Gasteiger partial charge in [-0.15, -0.1) is 0 Å². The zero-order chi connectivity index (χ0) is 22.0. The molecule has 7 heteroatoms. The van der Waals surface area contributed by atoms with E-state index in [1.54, 1.807) is 0 Å². The predicted molar refractivity (Wildman–Crippen MR) is 125 cm³/mol. The molecule has 0 saturated carbocycles. The molecule has 1 aliphatic carbocycles. The van der Waals surface area contributed by atoms with E-state index < -0.39 is 0 Å². The molecule has 166 valence electrons. The number of pyridine rings is 1. The lowest BCUT2D eigenvalue weighted by Crippen LogP contribution is -2.42. The average Bonchev–Trinajstić information content (AvgIpc) is 3.18. The Morgan fingerprint density at radius 2 is 2.13 bits per heavy atom. The molecule has 1 aliphatic heterocycles. The normalized spacial score (nSPS) is 21.6. The number of nitrogens with zero attached hydrogens (tertiary/aromatic N) is 5. The Morgan fingerprint density at radius 3 is 2.84 bits per heavy atom. The number of aromatic nitrogens is 3. The summed E-state index contributed by atoms with van der Waals surface area (Å²) in [7, 11) is 4.15. The Labute approximate surface area is 184 Å². The molecule has 2 aromatic rings. The average molecular weight is 423 g/mol. The van der Waals surface area contributed by atoms with E-state index >= 15 is 0 Å². The van der Waals surface area contributed by atoms with Gasteiger partial charge in [0.25, 0.3) is 0 Å². The molecule has 0 bridgehead atoms. The minimum Gasteiger partial charge on any atom is -0.338 e. The molecule has 7 nitrogen and oxygen atoms in total. The van der Waals surface area contributed by atoms with Crippen molar-refractivity contribution in [3.05, 3.63) is 42.0 Å². The Morgan fingerprint density at radius 1 is 1.29 bits per heavy atom. The first kappa shape index (κ1) is 21.4. The summed E-state index contributed by atoms with van der Waals surface area (Å²) in [5.74, 6) is 2.05. The lowest BCUT2D eigenvalue weighted by Gasteiger charge is -2.37. The first-order valence-electron chi connectivity index (χ1n) is 11.4.